The van der Waals surface area contributed by atoms with Gasteiger partial charge in [-0.15, -0.1) is 5.10 Å². The van der Waals surface area contributed by atoms with Crippen LogP contribution >= 0.6 is 0 Å². The molecular formula is C8H13N5O2. The molecule has 0 spiro atoms. The number of hydrogen-bond donors (Lipinski definition) is 3. The first-order chi connectivity index (χ1) is 7.13. The number of rotatable bonds is 4. The minimum Gasteiger partial charge on any atom is -0.448 e. The van der Waals surface area contributed by atoms with Crippen molar-refractivity contribution in [2.24, 2.45) is 5.73 Å². The SMILES string of the molecule is CCCOC(=O)Nn1ccc(C(=N)N)n1. The maximum absolute atomic E-state index is 11.1. The normalized spacial score (nSPS) is 9.67. The number of carbonyl (C=O) groups excluding carboxylic acids is 1. The number of amidine groups is 1. The second-order valence-corrected chi connectivity index (χ2v) is 2.81. The van der Waals surface area contributed by atoms with Gasteiger partial charge >= 0.3 is 6.09 Å². The lowest BCUT2D eigenvalue weighted by molar-refractivity contribution is 0.157. The third-order valence-corrected chi connectivity index (χ3v) is 1.51. The molecule has 0 saturated carbocycles. The van der Waals surface area contributed by atoms with Gasteiger partial charge in [0.15, 0.2) is 0 Å². The van der Waals surface area contributed by atoms with E-state index < -0.39 is 6.09 Å². The molecule has 0 radical (unpaired) electrons. The zero-order valence-electron chi connectivity index (χ0n) is 8.36. The fourth-order valence-corrected chi connectivity index (χ4v) is 0.850. The van der Waals surface area contributed by atoms with E-state index in [1.165, 1.54) is 12.3 Å². The molecule has 82 valence electrons. The summed E-state index contributed by atoms with van der Waals surface area (Å²) < 4.78 is 4.77. The van der Waals surface area contributed by atoms with Crippen molar-refractivity contribution in [2.45, 2.75) is 13.3 Å². The lowest BCUT2D eigenvalue weighted by atomic mass is 10.4. The Kier molecular flexibility index (Phi) is 3.67. The summed E-state index contributed by atoms with van der Waals surface area (Å²) in [5.41, 5.74) is 7.84. The van der Waals surface area contributed by atoms with Gasteiger partial charge < -0.3 is 10.5 Å². The molecule has 4 N–H and O–H groups in total. The molecule has 0 unspecified atom stereocenters. The lowest BCUT2D eigenvalue weighted by Crippen LogP contribution is -2.25. The number of aromatic nitrogens is 2. The highest BCUT2D eigenvalue weighted by Gasteiger charge is 2.05. The van der Waals surface area contributed by atoms with E-state index in [9.17, 15) is 4.79 Å². The van der Waals surface area contributed by atoms with Gasteiger partial charge in [-0.2, -0.15) is 4.79 Å². The third-order valence-electron chi connectivity index (χ3n) is 1.51. The van der Waals surface area contributed by atoms with Crippen LogP contribution in [0.1, 0.15) is 19.0 Å². The summed E-state index contributed by atoms with van der Waals surface area (Å²) in [6.07, 6.45) is 1.64. The number of ether oxygens (including phenoxy) is 1. The van der Waals surface area contributed by atoms with Gasteiger partial charge in [0.2, 0.25) is 0 Å². The predicted molar refractivity (Wildman–Crippen MR) is 54.2 cm³/mol. The molecule has 0 saturated heterocycles. The molecule has 0 aliphatic carbocycles. The summed E-state index contributed by atoms with van der Waals surface area (Å²) in [4.78, 5) is 12.2. The van der Waals surface area contributed by atoms with Crippen molar-refractivity contribution in [1.82, 2.24) is 9.89 Å². The van der Waals surface area contributed by atoms with Crippen molar-refractivity contribution >= 4 is 11.9 Å². The topological polar surface area (TPSA) is 106 Å². The van der Waals surface area contributed by atoms with Gasteiger partial charge in [0.25, 0.3) is 0 Å². The van der Waals surface area contributed by atoms with Crippen molar-refractivity contribution in [3.8, 4) is 0 Å². The molecule has 1 aromatic rings. The second kappa shape index (κ2) is 4.99. The third kappa shape index (κ3) is 3.29. The van der Waals surface area contributed by atoms with E-state index in [0.717, 1.165) is 11.2 Å². The Morgan fingerprint density at radius 3 is 3.07 bits per heavy atom. The van der Waals surface area contributed by atoms with Crippen molar-refractivity contribution in [3.63, 3.8) is 0 Å². The largest absolute Gasteiger partial charge is 0.448 e. The fourth-order valence-electron chi connectivity index (χ4n) is 0.850. The summed E-state index contributed by atoms with van der Waals surface area (Å²) in [7, 11) is 0. The molecule has 0 bridgehead atoms. The monoisotopic (exact) mass is 211 g/mol. The van der Waals surface area contributed by atoms with Crippen LogP contribution < -0.4 is 11.2 Å². The molecule has 1 heterocycles. The Balaban J connectivity index is 2.50. The molecule has 0 aromatic carbocycles. The van der Waals surface area contributed by atoms with Crippen LogP contribution in [0.5, 0.6) is 0 Å². The number of carbonyl (C=O) groups is 1. The standard InChI is InChI=1S/C8H13N5O2/c1-2-5-15-8(14)12-13-4-3-6(11-13)7(9)10/h3-4H,2,5H2,1H3,(H3,9,10)(H,12,14). The molecule has 15 heavy (non-hydrogen) atoms. The highest BCUT2D eigenvalue weighted by Crippen LogP contribution is 1.92. The van der Waals surface area contributed by atoms with Gasteiger partial charge in [-0.1, -0.05) is 6.92 Å². The van der Waals surface area contributed by atoms with E-state index in [-0.39, 0.29) is 5.84 Å². The van der Waals surface area contributed by atoms with Crippen LogP contribution in [0.2, 0.25) is 0 Å². The summed E-state index contributed by atoms with van der Waals surface area (Å²) in [5.74, 6) is -0.155. The van der Waals surface area contributed by atoms with Crippen molar-refractivity contribution < 1.29 is 9.53 Å². The number of amides is 1. The average Bonchev–Trinajstić information content (AvgIpc) is 2.63. The Bertz CT molecular complexity index is 360. The minimum atomic E-state index is -0.588. The first-order valence-electron chi connectivity index (χ1n) is 4.47. The quantitative estimate of drug-likeness (QED) is 0.490. The molecule has 7 heteroatoms. The van der Waals surface area contributed by atoms with Crippen molar-refractivity contribution in [2.75, 3.05) is 12.0 Å². The lowest BCUT2D eigenvalue weighted by Gasteiger charge is -2.04. The Morgan fingerprint density at radius 1 is 1.80 bits per heavy atom. The van der Waals surface area contributed by atoms with Gasteiger partial charge in [0, 0.05) is 6.20 Å². The van der Waals surface area contributed by atoms with E-state index in [1.54, 1.807) is 0 Å². The molecular weight excluding hydrogens is 198 g/mol. The zero-order valence-corrected chi connectivity index (χ0v) is 8.36. The smallest absolute Gasteiger partial charge is 0.427 e. The Labute approximate surface area is 86.7 Å². The van der Waals surface area contributed by atoms with Gasteiger partial charge in [-0.05, 0) is 12.5 Å². The van der Waals surface area contributed by atoms with E-state index in [1.807, 2.05) is 6.92 Å². The van der Waals surface area contributed by atoms with Gasteiger partial charge in [-0.25, -0.2) is 10.2 Å². The van der Waals surface area contributed by atoms with Gasteiger partial charge in [-0.3, -0.25) is 5.41 Å². The summed E-state index contributed by atoms with van der Waals surface area (Å²) in [6, 6.07) is 1.52. The van der Waals surface area contributed by atoms with Crippen LogP contribution in [0, 0.1) is 5.41 Å². The van der Waals surface area contributed by atoms with E-state index >= 15 is 0 Å². The average molecular weight is 211 g/mol. The Morgan fingerprint density at radius 2 is 2.53 bits per heavy atom. The van der Waals surface area contributed by atoms with Gasteiger partial charge in [0.1, 0.15) is 11.5 Å². The molecule has 0 aliphatic rings. The summed E-state index contributed by atoms with van der Waals surface area (Å²) >= 11 is 0. The van der Waals surface area contributed by atoms with Crippen LogP contribution in [0.25, 0.3) is 0 Å². The zero-order chi connectivity index (χ0) is 11.3. The first kappa shape index (κ1) is 11.0. The van der Waals surface area contributed by atoms with E-state index in [2.05, 4.69) is 10.5 Å². The van der Waals surface area contributed by atoms with Crippen molar-refractivity contribution in [1.29, 1.82) is 5.41 Å². The van der Waals surface area contributed by atoms with Crippen molar-refractivity contribution in [3.05, 3.63) is 18.0 Å². The van der Waals surface area contributed by atoms with Crippen LogP contribution in [0.15, 0.2) is 12.3 Å². The molecule has 1 aromatic heterocycles. The fraction of sp³-hybridized carbons (Fsp3) is 0.375. The maximum atomic E-state index is 11.1. The van der Waals surface area contributed by atoms with Gasteiger partial charge in [0.05, 0.1) is 6.61 Å². The van der Waals surface area contributed by atoms with E-state index in [0.29, 0.717) is 12.3 Å². The molecule has 0 atom stereocenters. The minimum absolute atomic E-state index is 0.155. The van der Waals surface area contributed by atoms with Crippen LogP contribution in [-0.4, -0.2) is 28.4 Å². The number of nitrogens with two attached hydrogens (primary N) is 1. The van der Waals surface area contributed by atoms with E-state index in [4.69, 9.17) is 15.9 Å². The second-order valence-electron chi connectivity index (χ2n) is 2.81. The van der Waals surface area contributed by atoms with Crippen LogP contribution in [-0.2, 0) is 4.74 Å². The van der Waals surface area contributed by atoms with Crippen LogP contribution in [0.4, 0.5) is 4.79 Å². The Hall–Kier alpha value is -2.05. The number of nitrogens with one attached hydrogen (secondary N) is 2. The maximum Gasteiger partial charge on any atom is 0.427 e. The summed E-state index contributed by atoms with van der Waals surface area (Å²) in [6.45, 7) is 2.25. The molecule has 0 aliphatic heterocycles. The molecule has 1 rings (SSSR count). The highest BCUT2D eigenvalue weighted by atomic mass is 16.6. The molecule has 0 fully saturated rings. The number of hydrogen-bond acceptors (Lipinski definition) is 4. The summed E-state index contributed by atoms with van der Waals surface area (Å²) in [5, 5.41) is 10.9. The molecule has 1 amide bonds. The highest BCUT2D eigenvalue weighted by molar-refractivity contribution is 5.92. The van der Waals surface area contributed by atoms with Crippen LogP contribution in [0.3, 0.4) is 0 Å². The molecule has 7 nitrogen and oxygen atoms in total. The number of nitrogen functional groups attached to an aromatic ring is 1. The number of nitrogens with zero attached hydrogens (tertiary/aromatic N) is 2. The first-order valence-corrected chi connectivity index (χ1v) is 4.47. The predicted octanol–water partition coefficient (Wildman–Crippen LogP) is 0.257.